The molecule has 1 aromatic carbocycles. The van der Waals surface area contributed by atoms with E-state index in [1.165, 1.54) is 7.11 Å². The van der Waals surface area contributed by atoms with Crippen molar-refractivity contribution in [3.8, 4) is 0 Å². The summed E-state index contributed by atoms with van der Waals surface area (Å²) in [5, 5.41) is 2.99. The first-order valence-electron chi connectivity index (χ1n) is 3.87. The van der Waals surface area contributed by atoms with Crippen LogP contribution >= 0.6 is 23.2 Å². The maximum absolute atomic E-state index is 10.8. The standard InChI is InChI=1S/C9H9Cl2NO2/c1-14-9(13)12-8(11)6-3-2-4-7(10)5-6/h2-5,8H,1H3,(H,12,13). The zero-order chi connectivity index (χ0) is 10.6. The molecule has 0 aromatic heterocycles. The van der Waals surface area contributed by atoms with E-state index in [0.29, 0.717) is 10.6 Å². The predicted octanol–water partition coefficient (Wildman–Crippen LogP) is 2.93. The molecule has 14 heavy (non-hydrogen) atoms. The summed E-state index contributed by atoms with van der Waals surface area (Å²) in [6.45, 7) is 0. The molecule has 0 aliphatic carbocycles. The van der Waals surface area contributed by atoms with Crippen LogP contribution in [0.15, 0.2) is 24.3 Å². The summed E-state index contributed by atoms with van der Waals surface area (Å²) in [5.41, 5.74) is 0.0747. The Labute approximate surface area is 92.0 Å². The number of alkyl carbamates (subject to hydrolysis) is 1. The SMILES string of the molecule is COC(=O)NC(Cl)c1cccc(Cl)c1. The van der Waals surface area contributed by atoms with Crippen LogP contribution in [-0.2, 0) is 4.74 Å². The zero-order valence-electron chi connectivity index (χ0n) is 7.46. The van der Waals surface area contributed by atoms with Gasteiger partial charge in [0.15, 0.2) is 0 Å². The van der Waals surface area contributed by atoms with Gasteiger partial charge >= 0.3 is 6.09 Å². The Balaban J connectivity index is 2.69. The molecule has 0 saturated carbocycles. The summed E-state index contributed by atoms with van der Waals surface area (Å²) in [7, 11) is 1.27. The number of amides is 1. The van der Waals surface area contributed by atoms with Crippen molar-refractivity contribution in [1.82, 2.24) is 5.32 Å². The fourth-order valence-electron chi connectivity index (χ4n) is 0.910. The molecule has 0 radical (unpaired) electrons. The van der Waals surface area contributed by atoms with Crippen LogP contribution in [0.25, 0.3) is 0 Å². The van der Waals surface area contributed by atoms with Gasteiger partial charge in [-0.25, -0.2) is 4.79 Å². The summed E-state index contributed by atoms with van der Waals surface area (Å²) in [6.07, 6.45) is -0.579. The van der Waals surface area contributed by atoms with Gasteiger partial charge in [0.05, 0.1) is 7.11 Å². The summed E-state index contributed by atoms with van der Waals surface area (Å²) in [6, 6.07) is 6.92. The minimum absolute atomic E-state index is 0.569. The molecule has 0 saturated heterocycles. The molecule has 1 unspecified atom stereocenters. The van der Waals surface area contributed by atoms with Crippen molar-refractivity contribution in [2.24, 2.45) is 0 Å². The second-order valence-corrected chi connectivity index (χ2v) is 3.43. The summed E-state index contributed by atoms with van der Waals surface area (Å²) >= 11 is 11.6. The molecule has 1 aromatic rings. The molecule has 0 bridgehead atoms. The van der Waals surface area contributed by atoms with Crippen molar-refractivity contribution in [3.05, 3.63) is 34.9 Å². The highest BCUT2D eigenvalue weighted by Crippen LogP contribution is 2.20. The highest BCUT2D eigenvalue weighted by atomic mass is 35.5. The van der Waals surface area contributed by atoms with Crippen LogP contribution in [0.2, 0.25) is 5.02 Å². The highest BCUT2D eigenvalue weighted by Gasteiger charge is 2.11. The van der Waals surface area contributed by atoms with Crippen LogP contribution in [0.5, 0.6) is 0 Å². The highest BCUT2D eigenvalue weighted by molar-refractivity contribution is 6.30. The number of hydrogen-bond donors (Lipinski definition) is 1. The average Bonchev–Trinajstić information content (AvgIpc) is 2.17. The largest absolute Gasteiger partial charge is 0.453 e. The minimum atomic E-state index is -0.638. The lowest BCUT2D eigenvalue weighted by Crippen LogP contribution is -2.24. The van der Waals surface area contributed by atoms with Gasteiger partial charge in [-0.3, -0.25) is 0 Å². The van der Waals surface area contributed by atoms with Crippen molar-refractivity contribution >= 4 is 29.3 Å². The predicted molar refractivity (Wildman–Crippen MR) is 55.6 cm³/mol. The molecular weight excluding hydrogens is 225 g/mol. The molecule has 76 valence electrons. The van der Waals surface area contributed by atoms with E-state index in [1.54, 1.807) is 24.3 Å². The van der Waals surface area contributed by atoms with E-state index in [0.717, 1.165) is 0 Å². The molecule has 3 nitrogen and oxygen atoms in total. The van der Waals surface area contributed by atoms with E-state index in [1.807, 2.05) is 0 Å². The quantitative estimate of drug-likeness (QED) is 0.631. The first kappa shape index (κ1) is 11.1. The third-order valence-corrected chi connectivity index (χ3v) is 2.17. The fraction of sp³-hybridized carbons (Fsp3) is 0.222. The van der Waals surface area contributed by atoms with Gasteiger partial charge < -0.3 is 10.1 Å². The summed E-state index contributed by atoms with van der Waals surface area (Å²) < 4.78 is 4.41. The molecule has 5 heteroatoms. The number of benzene rings is 1. The van der Waals surface area contributed by atoms with Gasteiger partial charge in [0.1, 0.15) is 5.50 Å². The van der Waals surface area contributed by atoms with Crippen LogP contribution in [0.1, 0.15) is 11.1 Å². The van der Waals surface area contributed by atoms with Crippen LogP contribution in [0, 0.1) is 0 Å². The van der Waals surface area contributed by atoms with Gasteiger partial charge in [0, 0.05) is 5.02 Å². The van der Waals surface area contributed by atoms with Crippen molar-refractivity contribution in [2.45, 2.75) is 5.50 Å². The molecule has 0 fully saturated rings. The van der Waals surface area contributed by atoms with Gasteiger partial charge in [0.2, 0.25) is 0 Å². The minimum Gasteiger partial charge on any atom is -0.453 e. The Morgan fingerprint density at radius 3 is 2.86 bits per heavy atom. The topological polar surface area (TPSA) is 38.3 Å². The van der Waals surface area contributed by atoms with E-state index < -0.39 is 11.6 Å². The third kappa shape index (κ3) is 3.09. The molecule has 1 N–H and O–H groups in total. The molecule has 0 heterocycles. The van der Waals surface area contributed by atoms with E-state index in [4.69, 9.17) is 23.2 Å². The summed E-state index contributed by atoms with van der Waals surface area (Å²) in [5.74, 6) is 0. The number of ether oxygens (including phenoxy) is 1. The Morgan fingerprint density at radius 1 is 1.57 bits per heavy atom. The number of nitrogens with one attached hydrogen (secondary N) is 1. The maximum atomic E-state index is 10.8. The molecule has 1 rings (SSSR count). The van der Waals surface area contributed by atoms with Gasteiger partial charge in [-0.05, 0) is 17.7 Å². The Bertz CT molecular complexity index is 330. The molecular formula is C9H9Cl2NO2. The molecule has 1 amide bonds. The average molecular weight is 234 g/mol. The normalized spacial score (nSPS) is 11.9. The lowest BCUT2D eigenvalue weighted by atomic mass is 10.2. The Kier molecular flexibility index (Phi) is 4.04. The number of carbonyl (C=O) groups is 1. The fourth-order valence-corrected chi connectivity index (χ4v) is 1.33. The zero-order valence-corrected chi connectivity index (χ0v) is 8.97. The number of methoxy groups -OCH3 is 1. The number of halogens is 2. The first-order valence-corrected chi connectivity index (χ1v) is 4.69. The third-order valence-electron chi connectivity index (χ3n) is 1.57. The van der Waals surface area contributed by atoms with Crippen LogP contribution in [-0.4, -0.2) is 13.2 Å². The van der Waals surface area contributed by atoms with Crippen molar-refractivity contribution in [2.75, 3.05) is 7.11 Å². The van der Waals surface area contributed by atoms with Crippen molar-refractivity contribution < 1.29 is 9.53 Å². The molecule has 0 aliphatic heterocycles. The maximum Gasteiger partial charge on any atom is 0.408 e. The molecule has 0 spiro atoms. The monoisotopic (exact) mass is 233 g/mol. The van der Waals surface area contributed by atoms with Crippen LogP contribution in [0.3, 0.4) is 0 Å². The smallest absolute Gasteiger partial charge is 0.408 e. The van der Waals surface area contributed by atoms with Crippen LogP contribution in [0.4, 0.5) is 4.79 Å². The number of hydrogen-bond acceptors (Lipinski definition) is 2. The molecule has 1 atom stereocenters. The lowest BCUT2D eigenvalue weighted by molar-refractivity contribution is 0.170. The van der Waals surface area contributed by atoms with E-state index in [2.05, 4.69) is 10.1 Å². The Morgan fingerprint density at radius 2 is 2.29 bits per heavy atom. The second kappa shape index (κ2) is 5.08. The van der Waals surface area contributed by atoms with E-state index in [9.17, 15) is 4.79 Å². The number of carbonyl (C=O) groups excluding carboxylic acids is 1. The molecule has 0 aliphatic rings. The second-order valence-electron chi connectivity index (χ2n) is 2.55. The summed E-state index contributed by atoms with van der Waals surface area (Å²) in [4.78, 5) is 10.8. The van der Waals surface area contributed by atoms with Crippen molar-refractivity contribution in [1.29, 1.82) is 0 Å². The number of alkyl halides is 1. The van der Waals surface area contributed by atoms with Gasteiger partial charge in [-0.1, -0.05) is 35.3 Å². The lowest BCUT2D eigenvalue weighted by Gasteiger charge is -2.10. The van der Waals surface area contributed by atoms with Gasteiger partial charge in [-0.15, -0.1) is 0 Å². The number of rotatable bonds is 2. The van der Waals surface area contributed by atoms with Gasteiger partial charge in [0.25, 0.3) is 0 Å². The van der Waals surface area contributed by atoms with Gasteiger partial charge in [-0.2, -0.15) is 0 Å². The van der Waals surface area contributed by atoms with E-state index in [-0.39, 0.29) is 0 Å². The first-order chi connectivity index (χ1) is 6.63. The van der Waals surface area contributed by atoms with E-state index >= 15 is 0 Å². The van der Waals surface area contributed by atoms with Crippen LogP contribution < -0.4 is 5.32 Å². The Hall–Kier alpha value is -0.930. The van der Waals surface area contributed by atoms with Crippen molar-refractivity contribution in [3.63, 3.8) is 0 Å².